The smallest absolute Gasteiger partial charge is 0.263 e. The van der Waals surface area contributed by atoms with Crippen LogP contribution in [0.5, 0.6) is 0 Å². The number of nitrogens with zero attached hydrogens (tertiary/aromatic N) is 2. The molecule has 0 saturated heterocycles. The summed E-state index contributed by atoms with van der Waals surface area (Å²) >= 11 is 1.63. The van der Waals surface area contributed by atoms with E-state index in [1.54, 1.807) is 18.3 Å². The zero-order valence-electron chi connectivity index (χ0n) is 15.0. The van der Waals surface area contributed by atoms with Crippen molar-refractivity contribution in [3.05, 3.63) is 56.4 Å². The molecule has 4 rings (SSSR count). The summed E-state index contributed by atoms with van der Waals surface area (Å²) in [6, 6.07) is 7.62. The maximum absolute atomic E-state index is 13.1. The highest BCUT2D eigenvalue weighted by Gasteiger charge is 2.21. The lowest BCUT2D eigenvalue weighted by Crippen LogP contribution is -2.30. The molecular formula is C20H21N3O2S. The molecule has 1 amide bonds. The molecule has 1 N–H and O–H groups in total. The van der Waals surface area contributed by atoms with Gasteiger partial charge in [-0.2, -0.15) is 0 Å². The highest BCUT2D eigenvalue weighted by Crippen LogP contribution is 2.33. The largest absolute Gasteiger partial charge is 0.325 e. The number of aryl methyl sites for hydroxylation is 4. The molecule has 1 aromatic carbocycles. The van der Waals surface area contributed by atoms with Crippen molar-refractivity contribution in [2.45, 2.75) is 46.1 Å². The number of amides is 1. The molecule has 1 aliphatic rings. The van der Waals surface area contributed by atoms with E-state index < -0.39 is 0 Å². The van der Waals surface area contributed by atoms with Crippen molar-refractivity contribution >= 4 is 33.1 Å². The van der Waals surface area contributed by atoms with Gasteiger partial charge in [-0.3, -0.25) is 14.2 Å². The van der Waals surface area contributed by atoms with Crippen LogP contribution in [0.4, 0.5) is 5.69 Å². The van der Waals surface area contributed by atoms with Crippen LogP contribution >= 0.6 is 11.3 Å². The van der Waals surface area contributed by atoms with Crippen LogP contribution in [0.15, 0.2) is 29.1 Å². The second-order valence-electron chi connectivity index (χ2n) is 6.86. The molecule has 0 aliphatic heterocycles. The Morgan fingerprint density at radius 2 is 2.08 bits per heavy atom. The van der Waals surface area contributed by atoms with Gasteiger partial charge in [-0.05, 0) is 62.8 Å². The van der Waals surface area contributed by atoms with Crippen LogP contribution < -0.4 is 10.9 Å². The molecule has 0 unspecified atom stereocenters. The summed E-state index contributed by atoms with van der Waals surface area (Å²) in [5.41, 5.74) is 2.87. The second kappa shape index (κ2) is 6.68. The molecule has 0 bridgehead atoms. The predicted octanol–water partition coefficient (Wildman–Crippen LogP) is 3.59. The quantitative estimate of drug-likeness (QED) is 0.769. The van der Waals surface area contributed by atoms with E-state index in [0.29, 0.717) is 5.82 Å². The molecule has 6 heteroatoms. The van der Waals surface area contributed by atoms with Gasteiger partial charge in [0.05, 0.1) is 5.39 Å². The number of carbonyl (C=O) groups is 1. The van der Waals surface area contributed by atoms with Gasteiger partial charge in [-0.25, -0.2) is 4.98 Å². The highest BCUT2D eigenvalue weighted by molar-refractivity contribution is 7.18. The zero-order chi connectivity index (χ0) is 18.3. The number of carbonyl (C=O) groups excluding carboxylic acids is 1. The lowest BCUT2D eigenvalue weighted by molar-refractivity contribution is -0.116. The normalized spacial score (nSPS) is 13.6. The molecule has 0 atom stereocenters. The summed E-state index contributed by atoms with van der Waals surface area (Å²) < 4.78 is 1.50. The third kappa shape index (κ3) is 3.05. The minimum absolute atomic E-state index is 0.0217. The molecule has 5 nitrogen and oxygen atoms in total. The van der Waals surface area contributed by atoms with Crippen molar-refractivity contribution in [3.8, 4) is 0 Å². The van der Waals surface area contributed by atoms with Crippen molar-refractivity contribution in [3.63, 3.8) is 0 Å². The predicted molar refractivity (Wildman–Crippen MR) is 105 cm³/mol. The summed E-state index contributed by atoms with van der Waals surface area (Å²) in [5.74, 6) is 0.367. The van der Waals surface area contributed by atoms with E-state index in [4.69, 9.17) is 0 Å². The van der Waals surface area contributed by atoms with E-state index >= 15 is 0 Å². The number of rotatable bonds is 3. The van der Waals surface area contributed by atoms with Crippen LogP contribution in [0.1, 0.15) is 34.7 Å². The van der Waals surface area contributed by atoms with Crippen LogP contribution in [0.25, 0.3) is 10.2 Å². The van der Waals surface area contributed by atoms with Crippen molar-refractivity contribution < 1.29 is 4.79 Å². The number of thiophene rings is 1. The van der Waals surface area contributed by atoms with Gasteiger partial charge >= 0.3 is 0 Å². The van der Waals surface area contributed by atoms with Crippen molar-refractivity contribution in [2.75, 3.05) is 5.32 Å². The number of fused-ring (bicyclic) bond motifs is 3. The van der Waals surface area contributed by atoms with E-state index in [1.807, 2.05) is 31.2 Å². The Morgan fingerprint density at radius 1 is 1.27 bits per heavy atom. The first-order valence-electron chi connectivity index (χ1n) is 8.91. The average molecular weight is 367 g/mol. The Labute approximate surface area is 155 Å². The molecule has 3 aromatic rings. The van der Waals surface area contributed by atoms with E-state index in [1.165, 1.54) is 15.9 Å². The van der Waals surface area contributed by atoms with Gasteiger partial charge in [-0.15, -0.1) is 11.3 Å². The molecule has 134 valence electrons. The average Bonchev–Trinajstić information content (AvgIpc) is 2.96. The Hall–Kier alpha value is -2.47. The summed E-state index contributed by atoms with van der Waals surface area (Å²) in [6.45, 7) is 3.74. The Balaban J connectivity index is 1.68. The zero-order valence-corrected chi connectivity index (χ0v) is 15.8. The van der Waals surface area contributed by atoms with Crippen LogP contribution in [0.3, 0.4) is 0 Å². The first kappa shape index (κ1) is 17.0. The fourth-order valence-electron chi connectivity index (χ4n) is 3.59. The second-order valence-corrected chi connectivity index (χ2v) is 7.94. The molecule has 0 spiro atoms. The van der Waals surface area contributed by atoms with E-state index in [9.17, 15) is 9.59 Å². The van der Waals surface area contributed by atoms with E-state index in [2.05, 4.69) is 10.3 Å². The first-order valence-corrected chi connectivity index (χ1v) is 9.73. The molecular weight excluding hydrogens is 346 g/mol. The number of anilines is 1. The van der Waals surface area contributed by atoms with Crippen molar-refractivity contribution in [2.24, 2.45) is 0 Å². The van der Waals surface area contributed by atoms with Gasteiger partial charge in [-0.1, -0.05) is 12.1 Å². The number of benzene rings is 1. The summed E-state index contributed by atoms with van der Waals surface area (Å²) in [7, 11) is 0. The molecule has 26 heavy (non-hydrogen) atoms. The van der Waals surface area contributed by atoms with Crippen LogP contribution in [-0.2, 0) is 24.2 Å². The van der Waals surface area contributed by atoms with Gasteiger partial charge < -0.3 is 5.32 Å². The van der Waals surface area contributed by atoms with Crippen LogP contribution in [0, 0.1) is 13.8 Å². The maximum Gasteiger partial charge on any atom is 0.263 e. The molecule has 2 aromatic heterocycles. The Bertz CT molecular complexity index is 1060. The molecule has 0 radical (unpaired) electrons. The number of hydrogen-bond donors (Lipinski definition) is 1. The first-order chi connectivity index (χ1) is 12.5. The standard InChI is InChI=1S/C20H21N3O2S/c1-12-6-5-7-14(10-12)22-17(24)11-23-13(2)21-19-18(20(23)25)15-8-3-4-9-16(15)26-19/h5-7,10H,3-4,8-9,11H2,1-2H3,(H,22,24). The maximum atomic E-state index is 13.1. The van der Waals surface area contributed by atoms with Crippen LogP contribution in [-0.4, -0.2) is 15.5 Å². The summed E-state index contributed by atoms with van der Waals surface area (Å²) in [4.78, 5) is 32.3. The molecule has 0 saturated carbocycles. The lowest BCUT2D eigenvalue weighted by Gasteiger charge is -2.12. The van der Waals surface area contributed by atoms with Gasteiger partial charge in [0, 0.05) is 10.6 Å². The van der Waals surface area contributed by atoms with Crippen molar-refractivity contribution in [1.29, 1.82) is 0 Å². The van der Waals surface area contributed by atoms with Gasteiger partial charge in [0.1, 0.15) is 17.2 Å². The highest BCUT2D eigenvalue weighted by atomic mass is 32.1. The van der Waals surface area contributed by atoms with E-state index in [-0.39, 0.29) is 18.0 Å². The lowest BCUT2D eigenvalue weighted by atomic mass is 9.97. The van der Waals surface area contributed by atoms with Gasteiger partial charge in [0.15, 0.2) is 0 Å². The fraction of sp³-hybridized carbons (Fsp3) is 0.350. The molecule has 2 heterocycles. The Morgan fingerprint density at radius 3 is 2.88 bits per heavy atom. The van der Waals surface area contributed by atoms with E-state index in [0.717, 1.165) is 46.3 Å². The number of nitrogens with one attached hydrogen (secondary N) is 1. The summed E-state index contributed by atoms with van der Waals surface area (Å²) in [5, 5.41) is 3.59. The SMILES string of the molecule is Cc1cccc(NC(=O)Cn2c(C)nc3sc4c(c3c2=O)CCCC4)c1. The topological polar surface area (TPSA) is 64.0 Å². The summed E-state index contributed by atoms with van der Waals surface area (Å²) in [6.07, 6.45) is 4.25. The fourth-order valence-corrected chi connectivity index (χ4v) is 4.89. The Kier molecular flexibility index (Phi) is 4.36. The monoisotopic (exact) mass is 367 g/mol. The third-order valence-electron chi connectivity index (χ3n) is 4.87. The minimum Gasteiger partial charge on any atom is -0.325 e. The third-order valence-corrected chi connectivity index (χ3v) is 6.05. The van der Waals surface area contributed by atoms with Gasteiger partial charge in [0.2, 0.25) is 5.91 Å². The molecule has 0 fully saturated rings. The number of aromatic nitrogens is 2. The van der Waals surface area contributed by atoms with Crippen molar-refractivity contribution in [1.82, 2.24) is 9.55 Å². The van der Waals surface area contributed by atoms with Gasteiger partial charge in [0.25, 0.3) is 5.56 Å². The minimum atomic E-state index is -0.217. The number of hydrogen-bond acceptors (Lipinski definition) is 4. The molecule has 1 aliphatic carbocycles. The van der Waals surface area contributed by atoms with Crippen LogP contribution in [0.2, 0.25) is 0 Å².